The van der Waals surface area contributed by atoms with Crippen LogP contribution in [-0.2, 0) is 4.79 Å². The van der Waals surface area contributed by atoms with Gasteiger partial charge in [-0.3, -0.25) is 9.80 Å². The number of hydrogen-bond acceptors (Lipinski definition) is 4. The van der Waals surface area contributed by atoms with Crippen molar-refractivity contribution in [2.24, 2.45) is 11.0 Å². The van der Waals surface area contributed by atoms with Gasteiger partial charge >= 0.3 is 5.91 Å². The molecule has 0 radical (unpaired) electrons. The van der Waals surface area contributed by atoms with Gasteiger partial charge in [0.25, 0.3) is 0 Å². The van der Waals surface area contributed by atoms with Gasteiger partial charge in [0, 0.05) is 15.8 Å². The minimum atomic E-state index is -0.173. The molecule has 0 saturated carbocycles. The first kappa shape index (κ1) is 21.9. The van der Waals surface area contributed by atoms with Crippen LogP contribution in [0.3, 0.4) is 0 Å². The van der Waals surface area contributed by atoms with E-state index in [1.165, 1.54) is 17.8 Å². The van der Waals surface area contributed by atoms with E-state index >= 15 is 0 Å². The first-order valence-electron chi connectivity index (χ1n) is 10.0. The molecule has 3 heterocycles. The maximum atomic E-state index is 13.3. The number of piperidine rings is 1. The number of quaternary nitrogens is 1. The molecular weight excluding hydrogens is 463 g/mol. The lowest BCUT2D eigenvalue weighted by atomic mass is 9.95. The lowest BCUT2D eigenvalue weighted by molar-refractivity contribution is -0.947. The van der Waals surface area contributed by atoms with Crippen molar-refractivity contribution in [2.45, 2.75) is 32.2 Å². The van der Waals surface area contributed by atoms with Gasteiger partial charge in [0.1, 0.15) is 18.8 Å². The Balaban J connectivity index is 1.69. The predicted octanol–water partition coefficient (Wildman–Crippen LogP) is 5.92. The van der Waals surface area contributed by atoms with Gasteiger partial charge in [0.05, 0.1) is 28.1 Å². The molecule has 0 aliphatic carbocycles. The average molecular weight is 487 g/mol. The van der Waals surface area contributed by atoms with Crippen LogP contribution >= 0.6 is 46.1 Å². The number of amides is 1. The zero-order valence-electron chi connectivity index (χ0n) is 16.9. The standard InChI is InChI=1S/C21H23Cl3N4OS/c1-13-19(21(29)26-28(2)10-4-3-5-11-28)25-27(16-7-6-14(22)12-15(16)23)20(13)17-8-9-18(24)30-17/h6-9,12-13,20H,3-5,10-11H2,1-2H3/p+1/t13-,20-/m0/s1. The van der Waals surface area contributed by atoms with Gasteiger partial charge in [0.2, 0.25) is 0 Å². The Morgan fingerprint density at radius 2 is 1.90 bits per heavy atom. The van der Waals surface area contributed by atoms with Crippen LogP contribution in [0.4, 0.5) is 5.69 Å². The Morgan fingerprint density at radius 3 is 2.53 bits per heavy atom. The molecular formula is C21H24Cl3N4OS+. The van der Waals surface area contributed by atoms with Crippen molar-refractivity contribution < 1.29 is 9.39 Å². The molecule has 4 rings (SSSR count). The Bertz CT molecular complexity index is 986. The largest absolute Gasteiger partial charge is 0.312 e. The molecule has 0 unspecified atom stereocenters. The highest BCUT2D eigenvalue weighted by Crippen LogP contribution is 2.44. The normalized spacial score (nSPS) is 23.4. The summed E-state index contributed by atoms with van der Waals surface area (Å²) in [5.41, 5.74) is 4.42. The van der Waals surface area contributed by atoms with E-state index in [1.807, 2.05) is 30.1 Å². The second kappa shape index (κ2) is 8.67. The lowest BCUT2D eigenvalue weighted by Gasteiger charge is -2.36. The monoisotopic (exact) mass is 485 g/mol. The van der Waals surface area contributed by atoms with E-state index < -0.39 is 0 Å². The van der Waals surface area contributed by atoms with Gasteiger partial charge < -0.3 is 0 Å². The summed E-state index contributed by atoms with van der Waals surface area (Å²) in [6, 6.07) is 8.98. The van der Waals surface area contributed by atoms with Gasteiger partial charge in [0.15, 0.2) is 0 Å². The summed E-state index contributed by atoms with van der Waals surface area (Å²) in [5.74, 6) is -0.269. The van der Waals surface area contributed by atoms with Gasteiger partial charge in [-0.25, -0.2) is 4.59 Å². The molecule has 5 nitrogen and oxygen atoms in total. The molecule has 1 N–H and O–H groups in total. The smallest absolute Gasteiger partial charge is 0.263 e. The molecule has 2 aliphatic rings. The minimum Gasteiger partial charge on any atom is -0.263 e. The molecule has 9 heteroatoms. The third-order valence-corrected chi connectivity index (χ3v) is 7.67. The Kier molecular flexibility index (Phi) is 6.33. The lowest BCUT2D eigenvalue weighted by Crippen LogP contribution is -2.61. The summed E-state index contributed by atoms with van der Waals surface area (Å²) in [7, 11) is 2.07. The van der Waals surface area contributed by atoms with E-state index in [0.717, 1.165) is 30.8 Å². The number of carbonyl (C=O) groups excluding carboxylic acids is 1. The van der Waals surface area contributed by atoms with Crippen molar-refractivity contribution >= 4 is 63.4 Å². The number of carbonyl (C=O) groups is 1. The van der Waals surface area contributed by atoms with E-state index in [2.05, 4.69) is 12.5 Å². The maximum absolute atomic E-state index is 13.3. The number of nitrogens with zero attached hydrogens (tertiary/aromatic N) is 3. The molecule has 1 fully saturated rings. The topological polar surface area (TPSA) is 44.7 Å². The fourth-order valence-electron chi connectivity index (χ4n) is 4.23. The third-order valence-electron chi connectivity index (χ3n) is 5.83. The van der Waals surface area contributed by atoms with Crippen LogP contribution in [0.2, 0.25) is 14.4 Å². The molecule has 0 spiro atoms. The number of halogens is 3. The highest BCUT2D eigenvalue weighted by atomic mass is 35.5. The molecule has 2 atom stereocenters. The van der Waals surface area contributed by atoms with Gasteiger partial charge in [-0.05, 0) is 49.6 Å². The summed E-state index contributed by atoms with van der Waals surface area (Å²) in [4.78, 5) is 14.3. The van der Waals surface area contributed by atoms with E-state index in [4.69, 9.17) is 39.9 Å². The zero-order chi connectivity index (χ0) is 21.5. The highest BCUT2D eigenvalue weighted by molar-refractivity contribution is 7.16. The van der Waals surface area contributed by atoms with E-state index in [-0.39, 0.29) is 17.9 Å². The highest BCUT2D eigenvalue weighted by Gasteiger charge is 2.42. The predicted molar refractivity (Wildman–Crippen MR) is 126 cm³/mol. The van der Waals surface area contributed by atoms with Gasteiger partial charge in [-0.1, -0.05) is 41.7 Å². The third kappa shape index (κ3) is 4.34. The maximum Gasteiger partial charge on any atom is 0.312 e. The fraction of sp³-hybridized carbons (Fsp3) is 0.429. The zero-order valence-corrected chi connectivity index (χ0v) is 20.0. The van der Waals surface area contributed by atoms with Crippen molar-refractivity contribution in [3.05, 3.63) is 49.6 Å². The number of rotatable bonds is 4. The van der Waals surface area contributed by atoms with E-state index in [0.29, 0.717) is 30.4 Å². The van der Waals surface area contributed by atoms with Crippen LogP contribution in [0.5, 0.6) is 0 Å². The summed E-state index contributed by atoms with van der Waals surface area (Å²) in [6.07, 6.45) is 3.44. The van der Waals surface area contributed by atoms with Gasteiger partial charge in [-0.15, -0.1) is 11.3 Å². The Morgan fingerprint density at radius 1 is 1.17 bits per heavy atom. The minimum absolute atomic E-state index is 0.132. The molecule has 160 valence electrons. The molecule has 1 saturated heterocycles. The summed E-state index contributed by atoms with van der Waals surface area (Å²) in [5, 5.41) is 7.63. The molecule has 1 aromatic carbocycles. The quantitative estimate of drug-likeness (QED) is 0.545. The fourth-order valence-corrected chi connectivity index (χ4v) is 5.98. The number of nitrogens with one attached hydrogen (secondary N) is 1. The molecule has 2 aliphatic heterocycles. The van der Waals surface area contributed by atoms with Gasteiger partial charge in [-0.2, -0.15) is 10.5 Å². The molecule has 0 bridgehead atoms. The first-order chi connectivity index (χ1) is 14.3. The molecule has 1 aromatic heterocycles. The van der Waals surface area contributed by atoms with Crippen molar-refractivity contribution in [3.8, 4) is 0 Å². The van der Waals surface area contributed by atoms with Crippen LogP contribution in [0.25, 0.3) is 0 Å². The van der Waals surface area contributed by atoms with Crippen molar-refractivity contribution in [1.29, 1.82) is 0 Å². The summed E-state index contributed by atoms with van der Waals surface area (Å²) < 4.78 is 1.24. The number of hydrogen-bond donors (Lipinski definition) is 1. The van der Waals surface area contributed by atoms with Crippen LogP contribution in [0, 0.1) is 5.92 Å². The first-order valence-corrected chi connectivity index (χ1v) is 12.0. The number of anilines is 1. The van der Waals surface area contributed by atoms with Crippen LogP contribution in [-0.4, -0.2) is 36.3 Å². The van der Waals surface area contributed by atoms with E-state index in [1.54, 1.807) is 12.1 Å². The second-order valence-corrected chi connectivity index (χ2v) is 10.7. The average Bonchev–Trinajstić information content (AvgIpc) is 3.25. The van der Waals surface area contributed by atoms with Crippen LogP contribution in [0.15, 0.2) is 35.4 Å². The summed E-state index contributed by atoms with van der Waals surface area (Å²) >= 11 is 20.3. The van der Waals surface area contributed by atoms with Crippen LogP contribution < -0.4 is 10.4 Å². The summed E-state index contributed by atoms with van der Waals surface area (Å²) in [6.45, 7) is 3.89. The second-order valence-electron chi connectivity index (χ2n) is 8.15. The number of hydrazone groups is 1. The molecule has 30 heavy (non-hydrogen) atoms. The van der Waals surface area contributed by atoms with Crippen LogP contribution in [0.1, 0.15) is 37.1 Å². The van der Waals surface area contributed by atoms with Crippen molar-refractivity contribution in [2.75, 3.05) is 25.1 Å². The van der Waals surface area contributed by atoms with E-state index in [9.17, 15) is 4.79 Å². The number of benzene rings is 1. The molecule has 2 aromatic rings. The number of thiophene rings is 1. The van der Waals surface area contributed by atoms with Crippen molar-refractivity contribution in [3.63, 3.8) is 0 Å². The number of likely N-dealkylation sites (tertiary alicyclic amines) is 1. The Labute approximate surface area is 195 Å². The van der Waals surface area contributed by atoms with Crippen molar-refractivity contribution in [1.82, 2.24) is 5.43 Å². The molecule has 1 amide bonds. The Hall–Kier alpha value is -1.31. The SMILES string of the molecule is C[C@H]1C(C(=O)N[N+]2(C)CCCCC2)=NN(c2ccc(Cl)cc2Cl)[C@@H]1c1ccc(Cl)s1.